The number of aromatic nitrogens is 2. The van der Waals surface area contributed by atoms with Crippen LogP contribution in [0.15, 0.2) is 104 Å². The maximum absolute atomic E-state index is 13.9. The van der Waals surface area contributed by atoms with Crippen LogP contribution in [-0.4, -0.2) is 72.0 Å². The Morgan fingerprint density at radius 1 is 0.881 bits per heavy atom. The standard InChI is InChI=1S/C34H36N4O4/c1-37(21-22-41-2)34(40)31(23-26-7-5-4-6-8-26)38(33(39)16-12-27-11-15-32(42-3)36-24-27)25-28-9-13-29(14-10-28)30-17-19-35-20-18-30/h4-20,24,31H,21-23,25H2,1-3H3. The number of benzene rings is 2. The number of hydrogen-bond acceptors (Lipinski definition) is 6. The second-order valence-corrected chi connectivity index (χ2v) is 9.82. The third-order valence-electron chi connectivity index (χ3n) is 6.93. The van der Waals surface area contributed by atoms with Crippen LogP contribution < -0.4 is 4.74 Å². The van der Waals surface area contributed by atoms with Crippen molar-refractivity contribution in [1.29, 1.82) is 0 Å². The summed E-state index contributed by atoms with van der Waals surface area (Å²) in [7, 11) is 4.89. The molecule has 0 saturated heterocycles. The summed E-state index contributed by atoms with van der Waals surface area (Å²) >= 11 is 0. The summed E-state index contributed by atoms with van der Waals surface area (Å²) in [4.78, 5) is 39.4. The third kappa shape index (κ3) is 8.34. The van der Waals surface area contributed by atoms with Gasteiger partial charge >= 0.3 is 0 Å². The molecule has 2 aromatic heterocycles. The fourth-order valence-electron chi connectivity index (χ4n) is 4.52. The van der Waals surface area contributed by atoms with Gasteiger partial charge in [0.25, 0.3) is 0 Å². The summed E-state index contributed by atoms with van der Waals surface area (Å²) < 4.78 is 10.3. The van der Waals surface area contributed by atoms with Gasteiger partial charge in [-0.25, -0.2) is 4.98 Å². The smallest absolute Gasteiger partial charge is 0.247 e. The Hall–Kier alpha value is -4.82. The van der Waals surface area contributed by atoms with Crippen molar-refractivity contribution >= 4 is 17.9 Å². The number of nitrogens with zero attached hydrogens (tertiary/aromatic N) is 4. The molecule has 0 aliphatic carbocycles. The first-order chi connectivity index (χ1) is 20.5. The quantitative estimate of drug-likeness (QED) is 0.215. The van der Waals surface area contributed by atoms with Gasteiger partial charge in [0.2, 0.25) is 17.7 Å². The number of likely N-dealkylation sites (N-methyl/N-ethyl adjacent to an activating group) is 1. The Balaban J connectivity index is 1.67. The fourth-order valence-corrected chi connectivity index (χ4v) is 4.52. The molecule has 0 radical (unpaired) electrons. The minimum atomic E-state index is -0.736. The average molecular weight is 565 g/mol. The maximum Gasteiger partial charge on any atom is 0.247 e. The van der Waals surface area contributed by atoms with Gasteiger partial charge < -0.3 is 19.3 Å². The van der Waals surface area contributed by atoms with Gasteiger partial charge in [-0.15, -0.1) is 0 Å². The van der Waals surface area contributed by atoms with Crippen LogP contribution in [0.1, 0.15) is 16.7 Å². The predicted octanol–water partition coefficient (Wildman–Crippen LogP) is 4.91. The lowest BCUT2D eigenvalue weighted by Crippen LogP contribution is -2.51. The SMILES string of the molecule is COCCN(C)C(=O)C(Cc1ccccc1)N(Cc1ccc(-c2ccncc2)cc1)C(=O)C=Cc1ccc(OC)nc1. The molecule has 0 aliphatic rings. The number of ether oxygens (including phenoxy) is 2. The molecule has 2 amide bonds. The van der Waals surface area contributed by atoms with E-state index in [2.05, 4.69) is 9.97 Å². The molecule has 216 valence electrons. The van der Waals surface area contributed by atoms with Gasteiger partial charge in [0.05, 0.1) is 13.7 Å². The summed E-state index contributed by atoms with van der Waals surface area (Å²) in [6.45, 7) is 1.06. The molecule has 0 spiro atoms. The third-order valence-corrected chi connectivity index (χ3v) is 6.93. The molecule has 0 fully saturated rings. The molecule has 42 heavy (non-hydrogen) atoms. The van der Waals surface area contributed by atoms with E-state index in [0.29, 0.717) is 25.5 Å². The molecule has 4 aromatic rings. The molecule has 4 rings (SSSR count). The van der Waals surface area contributed by atoms with Crippen LogP contribution in [0.2, 0.25) is 0 Å². The molecule has 2 heterocycles. The van der Waals surface area contributed by atoms with Crippen LogP contribution in [0, 0.1) is 0 Å². The number of amides is 2. The second kappa shape index (κ2) is 15.3. The zero-order chi connectivity index (χ0) is 29.7. The van der Waals surface area contributed by atoms with E-state index in [0.717, 1.165) is 27.8 Å². The van der Waals surface area contributed by atoms with Crippen molar-refractivity contribution in [3.05, 3.63) is 120 Å². The normalized spacial score (nSPS) is 11.7. The lowest BCUT2D eigenvalue weighted by atomic mass is 10.0. The summed E-state index contributed by atoms with van der Waals surface area (Å²) in [5.41, 5.74) is 4.71. The van der Waals surface area contributed by atoms with Gasteiger partial charge in [0.1, 0.15) is 6.04 Å². The predicted molar refractivity (Wildman–Crippen MR) is 163 cm³/mol. The number of hydrogen-bond donors (Lipinski definition) is 0. The first-order valence-corrected chi connectivity index (χ1v) is 13.7. The van der Waals surface area contributed by atoms with Crippen molar-refractivity contribution in [1.82, 2.24) is 19.8 Å². The molecule has 1 atom stereocenters. The summed E-state index contributed by atoms with van der Waals surface area (Å²) in [6.07, 6.45) is 8.72. The molecule has 8 nitrogen and oxygen atoms in total. The zero-order valence-electron chi connectivity index (χ0n) is 24.2. The number of methoxy groups -OCH3 is 2. The Kier molecular flexibility index (Phi) is 10.9. The van der Waals surface area contributed by atoms with Gasteiger partial charge in [0, 0.05) is 64.4 Å². The number of carbonyl (C=O) groups is 2. The van der Waals surface area contributed by atoms with Crippen molar-refractivity contribution in [2.45, 2.75) is 19.0 Å². The Labute approximate surface area is 247 Å². The topological polar surface area (TPSA) is 84.9 Å². The fraction of sp³-hybridized carbons (Fsp3) is 0.235. The van der Waals surface area contributed by atoms with Crippen LogP contribution in [0.5, 0.6) is 5.88 Å². The van der Waals surface area contributed by atoms with Crippen LogP contribution in [0.3, 0.4) is 0 Å². The monoisotopic (exact) mass is 564 g/mol. The zero-order valence-corrected chi connectivity index (χ0v) is 24.2. The summed E-state index contributed by atoms with van der Waals surface area (Å²) in [6, 6.07) is 24.5. The van der Waals surface area contributed by atoms with Gasteiger partial charge in [-0.05, 0) is 52.1 Å². The Morgan fingerprint density at radius 3 is 2.24 bits per heavy atom. The molecule has 0 bridgehead atoms. The van der Waals surface area contributed by atoms with Crippen LogP contribution in [0.25, 0.3) is 17.2 Å². The van der Waals surface area contributed by atoms with Crippen molar-refractivity contribution in [3.63, 3.8) is 0 Å². The molecule has 2 aromatic carbocycles. The molecule has 0 aliphatic heterocycles. The lowest BCUT2D eigenvalue weighted by Gasteiger charge is -2.33. The van der Waals surface area contributed by atoms with Crippen LogP contribution in [-0.2, 0) is 27.3 Å². The summed E-state index contributed by atoms with van der Waals surface area (Å²) in [5, 5.41) is 0. The first kappa shape index (κ1) is 30.1. The molecule has 0 N–H and O–H groups in total. The van der Waals surface area contributed by atoms with E-state index in [1.165, 1.54) is 6.08 Å². The van der Waals surface area contributed by atoms with Gasteiger partial charge in [0.15, 0.2) is 0 Å². The van der Waals surface area contributed by atoms with E-state index in [-0.39, 0.29) is 18.4 Å². The minimum absolute atomic E-state index is 0.155. The van der Waals surface area contributed by atoms with Crippen LogP contribution in [0.4, 0.5) is 0 Å². The van der Waals surface area contributed by atoms with Crippen molar-refractivity contribution in [2.75, 3.05) is 34.4 Å². The molecular formula is C34H36N4O4. The van der Waals surface area contributed by atoms with E-state index in [4.69, 9.17) is 9.47 Å². The second-order valence-electron chi connectivity index (χ2n) is 9.82. The van der Waals surface area contributed by atoms with Gasteiger partial charge in [-0.1, -0.05) is 54.6 Å². The van der Waals surface area contributed by atoms with Crippen molar-refractivity contribution < 1.29 is 19.1 Å². The van der Waals surface area contributed by atoms with E-state index in [1.54, 1.807) is 61.8 Å². The Bertz CT molecular complexity index is 1440. The lowest BCUT2D eigenvalue weighted by molar-refractivity contribution is -0.143. The van der Waals surface area contributed by atoms with E-state index >= 15 is 0 Å². The highest BCUT2D eigenvalue weighted by Gasteiger charge is 2.31. The molecule has 8 heteroatoms. The number of pyridine rings is 2. The van der Waals surface area contributed by atoms with E-state index in [1.807, 2.05) is 72.8 Å². The Morgan fingerprint density at radius 2 is 1.60 bits per heavy atom. The highest BCUT2D eigenvalue weighted by atomic mass is 16.5. The number of carbonyl (C=O) groups excluding carboxylic acids is 2. The van der Waals surface area contributed by atoms with Crippen LogP contribution >= 0.6 is 0 Å². The largest absolute Gasteiger partial charge is 0.481 e. The van der Waals surface area contributed by atoms with Crippen molar-refractivity contribution in [2.24, 2.45) is 0 Å². The molecule has 1 unspecified atom stereocenters. The average Bonchev–Trinajstić information content (AvgIpc) is 3.05. The summed E-state index contributed by atoms with van der Waals surface area (Å²) in [5.74, 6) is 0.0542. The maximum atomic E-state index is 13.9. The highest BCUT2D eigenvalue weighted by Crippen LogP contribution is 2.22. The van der Waals surface area contributed by atoms with Crippen molar-refractivity contribution in [3.8, 4) is 17.0 Å². The number of rotatable bonds is 13. The van der Waals surface area contributed by atoms with Gasteiger partial charge in [-0.2, -0.15) is 0 Å². The van der Waals surface area contributed by atoms with E-state index in [9.17, 15) is 9.59 Å². The first-order valence-electron chi connectivity index (χ1n) is 13.7. The minimum Gasteiger partial charge on any atom is -0.481 e. The molecule has 0 saturated carbocycles. The highest BCUT2D eigenvalue weighted by molar-refractivity contribution is 5.95. The van der Waals surface area contributed by atoms with E-state index < -0.39 is 6.04 Å². The molecular weight excluding hydrogens is 528 g/mol. The van der Waals surface area contributed by atoms with Gasteiger partial charge in [-0.3, -0.25) is 14.6 Å².